The quantitative estimate of drug-likeness (QED) is 0.318. The van der Waals surface area contributed by atoms with Crippen molar-refractivity contribution in [2.24, 2.45) is 5.92 Å². The predicted octanol–water partition coefficient (Wildman–Crippen LogP) is 2.27. The highest BCUT2D eigenvalue weighted by Crippen LogP contribution is 2.14. The molecular formula is C17H32O7. The van der Waals surface area contributed by atoms with E-state index in [0.29, 0.717) is 33.0 Å². The SMILES string of the molecule is CCCCC(CC)C(=O)OCCOCCOCCOCCC(=O)O. The zero-order chi connectivity index (χ0) is 18.0. The molecule has 0 aliphatic heterocycles. The van der Waals surface area contributed by atoms with Gasteiger partial charge in [0.2, 0.25) is 0 Å². The molecule has 0 aromatic carbocycles. The van der Waals surface area contributed by atoms with Gasteiger partial charge in [-0.3, -0.25) is 9.59 Å². The molecule has 0 aliphatic carbocycles. The summed E-state index contributed by atoms with van der Waals surface area (Å²) in [5.74, 6) is -1.01. The van der Waals surface area contributed by atoms with Gasteiger partial charge in [-0.1, -0.05) is 26.7 Å². The Morgan fingerprint density at radius 2 is 1.42 bits per heavy atom. The van der Waals surface area contributed by atoms with Crippen LogP contribution in [0.5, 0.6) is 0 Å². The summed E-state index contributed by atoms with van der Waals surface area (Å²) in [6, 6.07) is 0. The number of unbranched alkanes of at least 4 members (excludes halogenated alkanes) is 1. The average molecular weight is 348 g/mol. The van der Waals surface area contributed by atoms with Gasteiger partial charge in [0.15, 0.2) is 0 Å². The lowest BCUT2D eigenvalue weighted by atomic mass is 10.00. The molecule has 0 fully saturated rings. The van der Waals surface area contributed by atoms with E-state index in [2.05, 4.69) is 6.92 Å². The van der Waals surface area contributed by atoms with Crippen molar-refractivity contribution in [3.63, 3.8) is 0 Å². The molecule has 0 saturated heterocycles. The van der Waals surface area contributed by atoms with Gasteiger partial charge in [0.25, 0.3) is 0 Å². The van der Waals surface area contributed by atoms with Crippen molar-refractivity contribution in [3.05, 3.63) is 0 Å². The van der Waals surface area contributed by atoms with Crippen LogP contribution in [0.4, 0.5) is 0 Å². The highest BCUT2D eigenvalue weighted by molar-refractivity contribution is 5.72. The molecule has 0 heterocycles. The molecule has 142 valence electrons. The van der Waals surface area contributed by atoms with E-state index in [1.165, 1.54) is 0 Å². The van der Waals surface area contributed by atoms with Crippen molar-refractivity contribution in [2.75, 3.05) is 46.2 Å². The van der Waals surface area contributed by atoms with Crippen LogP contribution in [0.1, 0.15) is 46.0 Å². The second-order valence-corrected chi connectivity index (χ2v) is 5.40. The highest BCUT2D eigenvalue weighted by atomic mass is 16.6. The monoisotopic (exact) mass is 348 g/mol. The van der Waals surface area contributed by atoms with Gasteiger partial charge in [0, 0.05) is 0 Å². The second-order valence-electron chi connectivity index (χ2n) is 5.40. The zero-order valence-electron chi connectivity index (χ0n) is 15.0. The summed E-state index contributed by atoms with van der Waals surface area (Å²) >= 11 is 0. The third-order valence-corrected chi connectivity index (χ3v) is 3.41. The number of carbonyl (C=O) groups is 2. The van der Waals surface area contributed by atoms with Gasteiger partial charge in [0.1, 0.15) is 6.61 Å². The molecule has 7 heteroatoms. The summed E-state index contributed by atoms with van der Waals surface area (Å²) in [6.07, 6.45) is 3.81. The first-order valence-corrected chi connectivity index (χ1v) is 8.73. The van der Waals surface area contributed by atoms with E-state index in [0.717, 1.165) is 25.7 Å². The summed E-state index contributed by atoms with van der Waals surface area (Å²) in [5.41, 5.74) is 0. The first-order chi connectivity index (χ1) is 11.6. The second kappa shape index (κ2) is 16.7. The van der Waals surface area contributed by atoms with Crippen molar-refractivity contribution >= 4 is 11.9 Å². The van der Waals surface area contributed by atoms with Crippen LogP contribution in [0, 0.1) is 5.92 Å². The fourth-order valence-corrected chi connectivity index (χ4v) is 1.96. The molecule has 0 radical (unpaired) electrons. The van der Waals surface area contributed by atoms with E-state index in [-0.39, 0.29) is 31.5 Å². The first kappa shape index (κ1) is 22.8. The highest BCUT2D eigenvalue weighted by Gasteiger charge is 2.16. The smallest absolute Gasteiger partial charge is 0.308 e. The number of hydrogen-bond acceptors (Lipinski definition) is 6. The first-order valence-electron chi connectivity index (χ1n) is 8.73. The Morgan fingerprint density at radius 1 is 0.875 bits per heavy atom. The number of esters is 1. The molecule has 0 aromatic heterocycles. The molecular weight excluding hydrogens is 316 g/mol. The molecule has 0 aromatic rings. The third-order valence-electron chi connectivity index (χ3n) is 3.41. The van der Waals surface area contributed by atoms with Gasteiger partial charge in [-0.25, -0.2) is 0 Å². The van der Waals surface area contributed by atoms with E-state index >= 15 is 0 Å². The number of carboxylic acid groups (broad SMARTS) is 1. The zero-order valence-corrected chi connectivity index (χ0v) is 15.0. The maximum absolute atomic E-state index is 11.8. The van der Waals surface area contributed by atoms with E-state index < -0.39 is 5.97 Å². The minimum Gasteiger partial charge on any atom is -0.481 e. The number of ether oxygens (including phenoxy) is 4. The van der Waals surface area contributed by atoms with Crippen LogP contribution in [0.2, 0.25) is 0 Å². The minimum absolute atomic E-state index is 0.000829. The molecule has 1 atom stereocenters. The van der Waals surface area contributed by atoms with Crippen LogP contribution in [0.15, 0.2) is 0 Å². The van der Waals surface area contributed by atoms with Gasteiger partial charge in [0.05, 0.1) is 52.0 Å². The maximum atomic E-state index is 11.8. The van der Waals surface area contributed by atoms with Crippen molar-refractivity contribution < 1.29 is 33.6 Å². The van der Waals surface area contributed by atoms with Gasteiger partial charge in [-0.2, -0.15) is 0 Å². The van der Waals surface area contributed by atoms with Crippen molar-refractivity contribution in [2.45, 2.75) is 46.0 Å². The molecule has 1 unspecified atom stereocenters. The van der Waals surface area contributed by atoms with E-state index in [1.807, 2.05) is 6.92 Å². The normalized spacial score (nSPS) is 12.1. The predicted molar refractivity (Wildman–Crippen MR) is 89.0 cm³/mol. The van der Waals surface area contributed by atoms with Crippen LogP contribution in [0.3, 0.4) is 0 Å². The van der Waals surface area contributed by atoms with Gasteiger partial charge >= 0.3 is 11.9 Å². The lowest BCUT2D eigenvalue weighted by molar-refractivity contribution is -0.150. The Labute approximate surface area is 144 Å². The molecule has 0 bridgehead atoms. The number of carbonyl (C=O) groups excluding carboxylic acids is 1. The van der Waals surface area contributed by atoms with Crippen molar-refractivity contribution in [1.82, 2.24) is 0 Å². The average Bonchev–Trinajstić information content (AvgIpc) is 2.56. The number of carboxylic acids is 1. The maximum Gasteiger partial charge on any atom is 0.308 e. The van der Waals surface area contributed by atoms with E-state index in [1.54, 1.807) is 0 Å². The summed E-state index contributed by atoms with van der Waals surface area (Å²) in [4.78, 5) is 22.1. The Balaban J connectivity index is 3.35. The van der Waals surface area contributed by atoms with Crippen LogP contribution in [-0.2, 0) is 28.5 Å². The topological polar surface area (TPSA) is 91.3 Å². The van der Waals surface area contributed by atoms with Crippen molar-refractivity contribution in [3.8, 4) is 0 Å². The van der Waals surface area contributed by atoms with Gasteiger partial charge in [-0.05, 0) is 12.8 Å². The third kappa shape index (κ3) is 14.4. The standard InChI is InChI=1S/C17H32O7/c1-3-5-6-15(4-2)17(20)24-14-13-23-12-11-22-10-9-21-8-7-16(18)19/h15H,3-14H2,1-2H3,(H,18,19). The Hall–Kier alpha value is -1.18. The lowest BCUT2D eigenvalue weighted by Gasteiger charge is -2.13. The molecule has 1 N–H and O–H groups in total. The Kier molecular flexibility index (Phi) is 15.9. The largest absolute Gasteiger partial charge is 0.481 e. The summed E-state index contributed by atoms with van der Waals surface area (Å²) in [6.45, 7) is 6.52. The molecule has 0 saturated carbocycles. The number of rotatable bonds is 17. The molecule has 0 spiro atoms. The number of aliphatic carboxylic acids is 1. The summed E-state index contributed by atoms with van der Waals surface area (Å²) in [5, 5.41) is 8.41. The number of hydrogen-bond donors (Lipinski definition) is 1. The summed E-state index contributed by atoms with van der Waals surface area (Å²) in [7, 11) is 0. The summed E-state index contributed by atoms with van der Waals surface area (Å²) < 4.78 is 20.9. The molecule has 0 rings (SSSR count). The van der Waals surface area contributed by atoms with Crippen LogP contribution >= 0.6 is 0 Å². The van der Waals surface area contributed by atoms with Gasteiger partial charge in [-0.15, -0.1) is 0 Å². The lowest BCUT2D eigenvalue weighted by Crippen LogP contribution is -2.20. The Bertz CT molecular complexity index is 320. The van der Waals surface area contributed by atoms with Crippen molar-refractivity contribution in [1.29, 1.82) is 0 Å². The minimum atomic E-state index is -0.874. The van der Waals surface area contributed by atoms with Crippen LogP contribution in [0.25, 0.3) is 0 Å². The van der Waals surface area contributed by atoms with E-state index in [9.17, 15) is 9.59 Å². The Morgan fingerprint density at radius 3 is 1.92 bits per heavy atom. The molecule has 24 heavy (non-hydrogen) atoms. The van der Waals surface area contributed by atoms with Gasteiger partial charge < -0.3 is 24.1 Å². The molecule has 0 aliphatic rings. The molecule has 0 amide bonds. The fourth-order valence-electron chi connectivity index (χ4n) is 1.96. The van der Waals surface area contributed by atoms with E-state index in [4.69, 9.17) is 24.1 Å². The van der Waals surface area contributed by atoms with Crippen LogP contribution < -0.4 is 0 Å². The fraction of sp³-hybridized carbons (Fsp3) is 0.882. The molecule has 7 nitrogen and oxygen atoms in total. The van der Waals surface area contributed by atoms with Crippen LogP contribution in [-0.4, -0.2) is 63.3 Å².